The van der Waals surface area contributed by atoms with Crippen molar-refractivity contribution < 1.29 is 41.0 Å². The van der Waals surface area contributed by atoms with Gasteiger partial charge in [-0.15, -0.1) is 13.2 Å². The zero-order valence-electron chi connectivity index (χ0n) is 13.5. The third-order valence-corrected chi connectivity index (χ3v) is 4.38. The van der Waals surface area contributed by atoms with Gasteiger partial charge in [0, 0.05) is 13.0 Å². The molecule has 1 rings (SSSR count). The van der Waals surface area contributed by atoms with Crippen molar-refractivity contribution in [2.24, 2.45) is 5.92 Å². The lowest BCUT2D eigenvalue weighted by molar-refractivity contribution is -0.274. The third-order valence-electron chi connectivity index (χ3n) is 2.96. The number of carbonyl (C=O) groups excluding carboxylic acids is 1. The summed E-state index contributed by atoms with van der Waals surface area (Å²) in [5.41, 5.74) is 0. The number of amides is 1. The van der Waals surface area contributed by atoms with E-state index >= 15 is 0 Å². The average Bonchev–Trinajstić information content (AvgIpc) is 2.49. The fourth-order valence-electron chi connectivity index (χ4n) is 1.79. The number of halogens is 3. The Morgan fingerprint density at radius 3 is 2.31 bits per heavy atom. The number of carboxylic acids is 1. The van der Waals surface area contributed by atoms with E-state index in [1.54, 1.807) is 6.92 Å². The average molecular weight is 398 g/mol. The van der Waals surface area contributed by atoms with E-state index < -0.39 is 40.6 Å². The number of carboxylic acid groups (broad SMARTS) is 1. The number of sulfonamides is 1. The van der Waals surface area contributed by atoms with E-state index in [2.05, 4.69) is 10.1 Å². The number of benzene rings is 1. The van der Waals surface area contributed by atoms with Gasteiger partial charge in [-0.2, -0.15) is 0 Å². The highest BCUT2D eigenvalue weighted by molar-refractivity contribution is 7.89. The Morgan fingerprint density at radius 1 is 1.23 bits per heavy atom. The minimum absolute atomic E-state index is 0.0519. The number of carbonyl (C=O) groups is 2. The van der Waals surface area contributed by atoms with Gasteiger partial charge in [-0.05, 0) is 30.2 Å². The van der Waals surface area contributed by atoms with Gasteiger partial charge < -0.3 is 15.2 Å². The zero-order valence-corrected chi connectivity index (χ0v) is 14.4. The molecule has 0 aliphatic rings. The maximum atomic E-state index is 12.1. The summed E-state index contributed by atoms with van der Waals surface area (Å²) in [5, 5.41) is 11.0. The molecule has 0 heterocycles. The fourth-order valence-corrected chi connectivity index (χ4v) is 2.77. The number of aliphatic carboxylic acids is 1. The Hall–Kier alpha value is -2.34. The van der Waals surface area contributed by atoms with Crippen molar-refractivity contribution in [3.8, 4) is 5.75 Å². The molecule has 0 bridgehead atoms. The molecule has 8 nitrogen and oxygen atoms in total. The smallest absolute Gasteiger partial charge is 0.481 e. The second-order valence-corrected chi connectivity index (χ2v) is 7.12. The molecule has 12 heteroatoms. The summed E-state index contributed by atoms with van der Waals surface area (Å²) in [4.78, 5) is 21.7. The minimum Gasteiger partial charge on any atom is -0.481 e. The van der Waals surface area contributed by atoms with Gasteiger partial charge in [0.2, 0.25) is 15.9 Å². The van der Waals surface area contributed by atoms with E-state index in [9.17, 15) is 31.2 Å². The maximum absolute atomic E-state index is 12.1. The quantitative estimate of drug-likeness (QED) is 0.573. The molecule has 26 heavy (non-hydrogen) atoms. The van der Waals surface area contributed by atoms with Crippen molar-refractivity contribution in [1.82, 2.24) is 10.0 Å². The highest BCUT2D eigenvalue weighted by Gasteiger charge is 2.31. The van der Waals surface area contributed by atoms with Crippen LogP contribution < -0.4 is 14.8 Å². The van der Waals surface area contributed by atoms with Crippen LogP contribution in [0.15, 0.2) is 29.2 Å². The van der Waals surface area contributed by atoms with E-state index in [1.807, 2.05) is 4.72 Å². The van der Waals surface area contributed by atoms with E-state index in [1.165, 1.54) is 0 Å². The molecular formula is C14H17F3N2O6S. The molecule has 3 N–H and O–H groups in total. The Bertz CT molecular complexity index is 734. The molecule has 0 aliphatic carbocycles. The SMILES string of the molecule is CC(CNC(=O)CNS(=O)(=O)c1ccc(OC(F)(F)F)cc1)CC(=O)O. The first-order valence-corrected chi connectivity index (χ1v) is 8.71. The topological polar surface area (TPSA) is 122 Å². The fraction of sp³-hybridized carbons (Fsp3) is 0.429. The third kappa shape index (κ3) is 8.16. The summed E-state index contributed by atoms with van der Waals surface area (Å²) >= 11 is 0. The Labute approximate surface area is 147 Å². The van der Waals surface area contributed by atoms with E-state index in [0.29, 0.717) is 0 Å². The second-order valence-electron chi connectivity index (χ2n) is 5.35. The highest BCUT2D eigenvalue weighted by atomic mass is 32.2. The van der Waals surface area contributed by atoms with Gasteiger partial charge in [-0.1, -0.05) is 6.92 Å². The summed E-state index contributed by atoms with van der Waals surface area (Å²) < 4.78 is 65.8. The number of hydrogen-bond donors (Lipinski definition) is 3. The molecule has 0 aromatic heterocycles. The molecule has 1 aromatic carbocycles. The Kier molecular flexibility index (Phi) is 7.39. The van der Waals surface area contributed by atoms with Crippen LogP contribution >= 0.6 is 0 Å². The zero-order chi connectivity index (χ0) is 20.0. The summed E-state index contributed by atoms with van der Waals surface area (Å²) in [5.74, 6) is -2.62. The van der Waals surface area contributed by atoms with Crippen LogP contribution in [0.5, 0.6) is 5.75 Å². The lowest BCUT2D eigenvalue weighted by atomic mass is 10.1. The molecule has 1 atom stereocenters. The summed E-state index contributed by atoms with van der Waals surface area (Å²) in [6.07, 6.45) is -5.05. The predicted octanol–water partition coefficient (Wildman–Crippen LogP) is 1.09. The summed E-state index contributed by atoms with van der Waals surface area (Å²) in [7, 11) is -4.12. The summed E-state index contributed by atoms with van der Waals surface area (Å²) in [6, 6.07) is 3.46. The van der Waals surface area contributed by atoms with Gasteiger partial charge in [-0.25, -0.2) is 13.1 Å². The van der Waals surface area contributed by atoms with Crippen LogP contribution in [0, 0.1) is 5.92 Å². The number of rotatable bonds is 9. The molecule has 1 unspecified atom stereocenters. The molecular weight excluding hydrogens is 381 g/mol. The first-order valence-electron chi connectivity index (χ1n) is 7.23. The molecule has 1 amide bonds. The van der Waals surface area contributed by atoms with Crippen LogP contribution in [0.3, 0.4) is 0 Å². The van der Waals surface area contributed by atoms with Gasteiger partial charge in [0.25, 0.3) is 0 Å². The molecule has 1 aromatic rings. The van der Waals surface area contributed by atoms with Gasteiger partial charge >= 0.3 is 12.3 Å². The van der Waals surface area contributed by atoms with Crippen LogP contribution in [0.25, 0.3) is 0 Å². The normalized spacial score (nSPS) is 13.1. The monoisotopic (exact) mass is 398 g/mol. The molecule has 0 saturated heterocycles. The van der Waals surface area contributed by atoms with E-state index in [0.717, 1.165) is 24.3 Å². The number of nitrogens with one attached hydrogen (secondary N) is 2. The van der Waals surface area contributed by atoms with Crippen molar-refractivity contribution in [2.45, 2.75) is 24.6 Å². The van der Waals surface area contributed by atoms with E-state index in [4.69, 9.17) is 5.11 Å². The predicted molar refractivity (Wildman–Crippen MR) is 82.7 cm³/mol. The largest absolute Gasteiger partial charge is 0.573 e. The minimum atomic E-state index is -4.89. The lowest BCUT2D eigenvalue weighted by Crippen LogP contribution is -2.38. The van der Waals surface area contributed by atoms with Gasteiger partial charge in [0.05, 0.1) is 11.4 Å². The van der Waals surface area contributed by atoms with Gasteiger partial charge in [0.15, 0.2) is 0 Å². The standard InChI is InChI=1S/C14H17F3N2O6S/c1-9(6-13(21)22)7-18-12(20)8-19-26(23,24)11-4-2-10(3-5-11)25-14(15,16)17/h2-5,9,19H,6-8H2,1H3,(H,18,20)(H,21,22). The van der Waals surface area contributed by atoms with Crippen molar-refractivity contribution >= 4 is 21.9 Å². The molecule has 0 aliphatic heterocycles. The maximum Gasteiger partial charge on any atom is 0.573 e. The van der Waals surface area contributed by atoms with Crippen molar-refractivity contribution in [3.05, 3.63) is 24.3 Å². The lowest BCUT2D eigenvalue weighted by Gasteiger charge is -2.12. The van der Waals surface area contributed by atoms with Crippen LogP contribution in [0.4, 0.5) is 13.2 Å². The summed E-state index contributed by atoms with van der Waals surface area (Å²) in [6.45, 7) is 1.04. The van der Waals surface area contributed by atoms with Crippen LogP contribution in [-0.2, 0) is 19.6 Å². The Balaban J connectivity index is 2.55. The van der Waals surface area contributed by atoms with E-state index in [-0.39, 0.29) is 23.8 Å². The van der Waals surface area contributed by atoms with Crippen LogP contribution in [-0.4, -0.2) is 44.9 Å². The Morgan fingerprint density at radius 2 is 1.81 bits per heavy atom. The molecule has 0 radical (unpaired) electrons. The van der Waals surface area contributed by atoms with Crippen molar-refractivity contribution in [3.63, 3.8) is 0 Å². The van der Waals surface area contributed by atoms with Crippen LogP contribution in [0.2, 0.25) is 0 Å². The molecule has 0 saturated carbocycles. The van der Waals surface area contributed by atoms with Gasteiger partial charge in [0.1, 0.15) is 5.75 Å². The molecule has 0 fully saturated rings. The van der Waals surface area contributed by atoms with Crippen molar-refractivity contribution in [2.75, 3.05) is 13.1 Å². The number of hydrogen-bond acceptors (Lipinski definition) is 5. The number of ether oxygens (including phenoxy) is 1. The van der Waals surface area contributed by atoms with Crippen LogP contribution in [0.1, 0.15) is 13.3 Å². The van der Waals surface area contributed by atoms with Gasteiger partial charge in [-0.3, -0.25) is 9.59 Å². The van der Waals surface area contributed by atoms with Crippen molar-refractivity contribution in [1.29, 1.82) is 0 Å². The number of alkyl halides is 3. The second kappa shape index (κ2) is 8.85. The first kappa shape index (κ1) is 21.7. The molecule has 146 valence electrons. The first-order chi connectivity index (χ1) is 11.9. The highest BCUT2D eigenvalue weighted by Crippen LogP contribution is 2.23. The molecule has 0 spiro atoms.